The van der Waals surface area contributed by atoms with Gasteiger partial charge in [0.2, 0.25) is 15.9 Å². The average Bonchev–Trinajstić information content (AvgIpc) is 3.05. The van der Waals surface area contributed by atoms with E-state index in [-0.39, 0.29) is 29.8 Å². The van der Waals surface area contributed by atoms with Gasteiger partial charge in [-0.1, -0.05) is 24.3 Å². The smallest absolute Gasteiger partial charge is 0.242 e. The molecule has 0 bridgehead atoms. The summed E-state index contributed by atoms with van der Waals surface area (Å²) >= 11 is 0. The molecule has 132 valence electrons. The Morgan fingerprint density at radius 3 is 2.84 bits per heavy atom. The molecule has 3 rings (SSSR count). The summed E-state index contributed by atoms with van der Waals surface area (Å²) in [5, 5.41) is 0. The quantitative estimate of drug-likeness (QED) is 0.854. The van der Waals surface area contributed by atoms with Crippen molar-refractivity contribution in [3.63, 3.8) is 0 Å². The van der Waals surface area contributed by atoms with Crippen molar-refractivity contribution in [3.05, 3.63) is 59.9 Å². The van der Waals surface area contributed by atoms with E-state index in [2.05, 4.69) is 21.8 Å². The van der Waals surface area contributed by atoms with Crippen LogP contribution in [0.25, 0.3) is 0 Å². The van der Waals surface area contributed by atoms with Crippen molar-refractivity contribution in [3.8, 4) is 0 Å². The molecule has 2 aromatic rings. The maximum absolute atomic E-state index is 12.4. The number of carbonyl (C=O) groups excluding carboxylic acids is 1. The number of aromatic nitrogens is 1. The zero-order valence-electron chi connectivity index (χ0n) is 14.1. The summed E-state index contributed by atoms with van der Waals surface area (Å²) in [4.78, 5) is 18.1. The van der Waals surface area contributed by atoms with Crippen LogP contribution in [-0.4, -0.2) is 37.8 Å². The minimum absolute atomic E-state index is 0.0643. The first kappa shape index (κ1) is 17.6. The second kappa shape index (κ2) is 7.33. The molecule has 0 spiro atoms. The summed E-state index contributed by atoms with van der Waals surface area (Å²) in [6.07, 6.45) is 4.78. The maximum Gasteiger partial charge on any atom is 0.242 e. The van der Waals surface area contributed by atoms with Crippen LogP contribution in [0, 0.1) is 0 Å². The molecular formula is C18H21N3O3S. The van der Waals surface area contributed by atoms with Crippen molar-refractivity contribution in [1.29, 1.82) is 0 Å². The Morgan fingerprint density at radius 1 is 1.28 bits per heavy atom. The molecule has 0 saturated carbocycles. The van der Waals surface area contributed by atoms with Gasteiger partial charge in [-0.25, -0.2) is 13.1 Å². The summed E-state index contributed by atoms with van der Waals surface area (Å²) < 4.78 is 26.7. The van der Waals surface area contributed by atoms with Crippen LogP contribution < -0.4 is 4.72 Å². The number of fused-ring (bicyclic) bond motifs is 1. The number of rotatable bonds is 6. The Kier molecular flexibility index (Phi) is 5.15. The van der Waals surface area contributed by atoms with E-state index in [4.69, 9.17) is 0 Å². The third-order valence-electron chi connectivity index (χ3n) is 4.54. The minimum atomic E-state index is -3.63. The summed E-state index contributed by atoms with van der Waals surface area (Å²) in [6, 6.07) is 11.2. The van der Waals surface area contributed by atoms with Crippen LogP contribution in [0.5, 0.6) is 0 Å². The SMILES string of the molecule is CN(C(=O)CCNS(=O)(=O)c1cccnc1)C1CCc2ccccc21. The molecule has 6 nitrogen and oxygen atoms in total. The number of hydrogen-bond acceptors (Lipinski definition) is 4. The minimum Gasteiger partial charge on any atom is -0.339 e. The van der Waals surface area contributed by atoms with E-state index >= 15 is 0 Å². The van der Waals surface area contributed by atoms with Crippen LogP contribution in [0.1, 0.15) is 30.0 Å². The molecule has 0 saturated heterocycles. The monoisotopic (exact) mass is 359 g/mol. The number of hydrogen-bond donors (Lipinski definition) is 1. The lowest BCUT2D eigenvalue weighted by Gasteiger charge is -2.25. The Morgan fingerprint density at radius 2 is 2.08 bits per heavy atom. The molecule has 1 atom stereocenters. The summed E-state index contributed by atoms with van der Waals surface area (Å²) in [7, 11) is -1.85. The number of aryl methyl sites for hydroxylation is 1. The van der Waals surface area contributed by atoms with Gasteiger partial charge in [-0.3, -0.25) is 9.78 Å². The average molecular weight is 359 g/mol. The number of nitrogens with zero attached hydrogens (tertiary/aromatic N) is 2. The van der Waals surface area contributed by atoms with Crippen LogP contribution in [0.15, 0.2) is 53.7 Å². The van der Waals surface area contributed by atoms with E-state index in [1.807, 2.05) is 12.1 Å². The molecule has 0 radical (unpaired) electrons. The molecule has 1 amide bonds. The Labute approximate surface area is 147 Å². The molecule has 1 N–H and O–H groups in total. The van der Waals surface area contributed by atoms with Gasteiger partial charge in [0.15, 0.2) is 0 Å². The van der Waals surface area contributed by atoms with Gasteiger partial charge in [-0.05, 0) is 36.1 Å². The van der Waals surface area contributed by atoms with Crippen molar-refractivity contribution in [2.75, 3.05) is 13.6 Å². The normalized spacial score (nSPS) is 16.4. The summed E-state index contributed by atoms with van der Waals surface area (Å²) in [6.45, 7) is 0.0643. The molecule has 1 aliphatic rings. The number of carbonyl (C=O) groups is 1. The van der Waals surface area contributed by atoms with Crippen LogP contribution in [0.2, 0.25) is 0 Å². The molecule has 1 aliphatic carbocycles. The summed E-state index contributed by atoms with van der Waals surface area (Å²) in [5.74, 6) is -0.0735. The first-order valence-electron chi connectivity index (χ1n) is 8.22. The molecular weight excluding hydrogens is 338 g/mol. The van der Waals surface area contributed by atoms with Gasteiger partial charge in [0.1, 0.15) is 4.90 Å². The Balaban J connectivity index is 1.57. The van der Waals surface area contributed by atoms with Crippen LogP contribution in [0.3, 0.4) is 0 Å². The highest BCUT2D eigenvalue weighted by Gasteiger charge is 2.28. The maximum atomic E-state index is 12.4. The standard InChI is InChI=1S/C18H21N3O3S/c1-21(17-9-8-14-5-2-3-7-16(14)17)18(22)10-12-20-25(23,24)15-6-4-11-19-13-15/h2-7,11,13,17,20H,8-10,12H2,1H3. The molecule has 0 fully saturated rings. The van der Waals surface area contributed by atoms with Crippen molar-refractivity contribution in [1.82, 2.24) is 14.6 Å². The molecule has 25 heavy (non-hydrogen) atoms. The number of pyridine rings is 1. The molecule has 7 heteroatoms. The number of nitrogens with one attached hydrogen (secondary N) is 1. The molecule has 1 aromatic carbocycles. The lowest BCUT2D eigenvalue weighted by atomic mass is 10.1. The first-order valence-corrected chi connectivity index (χ1v) is 9.70. The number of benzene rings is 1. The van der Waals surface area contributed by atoms with E-state index in [1.165, 1.54) is 29.6 Å². The Hall–Kier alpha value is -2.25. The topological polar surface area (TPSA) is 79.4 Å². The van der Waals surface area contributed by atoms with E-state index < -0.39 is 10.0 Å². The molecule has 0 aliphatic heterocycles. The second-order valence-electron chi connectivity index (χ2n) is 6.09. The first-order chi connectivity index (χ1) is 12.0. The predicted molar refractivity (Wildman–Crippen MR) is 94.3 cm³/mol. The lowest BCUT2D eigenvalue weighted by molar-refractivity contribution is -0.131. The van der Waals surface area contributed by atoms with Gasteiger partial charge >= 0.3 is 0 Å². The predicted octanol–water partition coefficient (Wildman–Crippen LogP) is 1.90. The van der Waals surface area contributed by atoms with E-state index in [1.54, 1.807) is 18.0 Å². The fraction of sp³-hybridized carbons (Fsp3) is 0.333. The van der Waals surface area contributed by atoms with Crippen LogP contribution in [-0.2, 0) is 21.2 Å². The van der Waals surface area contributed by atoms with Crippen LogP contribution >= 0.6 is 0 Å². The van der Waals surface area contributed by atoms with Gasteiger partial charge in [0, 0.05) is 32.4 Å². The third kappa shape index (κ3) is 3.88. The van der Waals surface area contributed by atoms with Crippen molar-refractivity contribution < 1.29 is 13.2 Å². The third-order valence-corrected chi connectivity index (χ3v) is 5.98. The van der Waals surface area contributed by atoms with Gasteiger partial charge in [-0.2, -0.15) is 0 Å². The molecule has 1 heterocycles. The van der Waals surface area contributed by atoms with Crippen molar-refractivity contribution >= 4 is 15.9 Å². The molecule has 1 aromatic heterocycles. The van der Waals surface area contributed by atoms with Gasteiger partial charge in [0.25, 0.3) is 0 Å². The number of amides is 1. The van der Waals surface area contributed by atoms with Gasteiger partial charge in [-0.15, -0.1) is 0 Å². The zero-order valence-corrected chi connectivity index (χ0v) is 14.9. The summed E-state index contributed by atoms with van der Waals surface area (Å²) in [5.41, 5.74) is 2.47. The number of sulfonamides is 1. The van der Waals surface area contributed by atoms with Crippen molar-refractivity contribution in [2.45, 2.75) is 30.2 Å². The highest BCUT2D eigenvalue weighted by atomic mass is 32.2. The van der Waals surface area contributed by atoms with E-state index in [0.29, 0.717) is 0 Å². The van der Waals surface area contributed by atoms with Gasteiger partial charge < -0.3 is 4.90 Å². The zero-order chi connectivity index (χ0) is 17.9. The highest BCUT2D eigenvalue weighted by molar-refractivity contribution is 7.89. The van der Waals surface area contributed by atoms with Crippen LogP contribution in [0.4, 0.5) is 0 Å². The highest BCUT2D eigenvalue weighted by Crippen LogP contribution is 2.34. The largest absolute Gasteiger partial charge is 0.339 e. The fourth-order valence-electron chi connectivity index (χ4n) is 3.17. The van der Waals surface area contributed by atoms with Crippen molar-refractivity contribution in [2.24, 2.45) is 0 Å². The van der Waals surface area contributed by atoms with E-state index in [0.717, 1.165) is 12.8 Å². The Bertz CT molecular complexity index is 853. The fourth-order valence-corrected chi connectivity index (χ4v) is 4.16. The molecule has 1 unspecified atom stereocenters. The van der Waals surface area contributed by atoms with E-state index in [9.17, 15) is 13.2 Å². The van der Waals surface area contributed by atoms with Gasteiger partial charge in [0.05, 0.1) is 6.04 Å². The second-order valence-corrected chi connectivity index (χ2v) is 7.86. The lowest BCUT2D eigenvalue weighted by Crippen LogP contribution is -2.34.